The zero-order valence-electron chi connectivity index (χ0n) is 14.8. The number of hydrogen-bond acceptors (Lipinski definition) is 2. The molecule has 3 rings (SSSR count). The number of piperidine rings is 1. The van der Waals surface area contributed by atoms with Crippen molar-refractivity contribution < 1.29 is 4.79 Å². The van der Waals surface area contributed by atoms with Crippen molar-refractivity contribution in [2.75, 3.05) is 19.6 Å². The van der Waals surface area contributed by atoms with E-state index >= 15 is 0 Å². The van der Waals surface area contributed by atoms with Gasteiger partial charge in [0.2, 0.25) is 5.91 Å². The third-order valence-corrected chi connectivity index (χ3v) is 5.30. The average molecular weight is 351 g/mol. The highest BCUT2D eigenvalue weighted by Crippen LogP contribution is 2.28. The molecular formula is C20H31ClN2O. The highest BCUT2D eigenvalue weighted by Gasteiger charge is 2.25. The molecule has 134 valence electrons. The van der Waals surface area contributed by atoms with Crippen LogP contribution in [0.3, 0.4) is 0 Å². The first-order valence-electron chi connectivity index (χ1n) is 9.33. The van der Waals surface area contributed by atoms with E-state index < -0.39 is 0 Å². The number of likely N-dealkylation sites (tertiary alicyclic amines) is 1. The Morgan fingerprint density at radius 1 is 1.08 bits per heavy atom. The Hall–Kier alpha value is -1.06. The molecule has 1 aliphatic carbocycles. The van der Waals surface area contributed by atoms with Crippen LogP contribution in [0.25, 0.3) is 0 Å². The molecule has 1 N–H and O–H groups in total. The first-order valence-corrected chi connectivity index (χ1v) is 9.33. The fraction of sp³-hybridized carbons (Fsp3) is 0.650. The average Bonchev–Trinajstić information content (AvgIpc) is 3.43. The summed E-state index contributed by atoms with van der Waals surface area (Å²) in [5.74, 6) is 1.26. The molecule has 2 aliphatic rings. The van der Waals surface area contributed by atoms with Gasteiger partial charge in [0, 0.05) is 25.6 Å². The number of hydrogen-bond donors (Lipinski definition) is 1. The molecule has 1 aliphatic heterocycles. The second-order valence-corrected chi connectivity index (χ2v) is 7.18. The van der Waals surface area contributed by atoms with Gasteiger partial charge in [0.1, 0.15) is 0 Å². The lowest BCUT2D eigenvalue weighted by Crippen LogP contribution is -2.45. The number of rotatable bonds is 7. The summed E-state index contributed by atoms with van der Waals surface area (Å²) in [6, 6.07) is 9.31. The quantitative estimate of drug-likeness (QED) is 0.815. The molecule has 24 heavy (non-hydrogen) atoms. The van der Waals surface area contributed by atoms with E-state index in [1.54, 1.807) is 0 Å². The molecule has 0 atom stereocenters. The summed E-state index contributed by atoms with van der Waals surface area (Å²) in [6.07, 6.45) is 7.62. The molecule has 1 aromatic rings. The number of carbonyl (C=O) groups excluding carboxylic acids is 1. The number of aryl methyl sites for hydroxylation is 2. The van der Waals surface area contributed by atoms with E-state index in [1.807, 2.05) is 0 Å². The van der Waals surface area contributed by atoms with E-state index in [4.69, 9.17) is 0 Å². The van der Waals surface area contributed by atoms with Crippen LogP contribution in [-0.2, 0) is 17.6 Å². The first kappa shape index (κ1) is 19.3. The number of amides is 1. The Morgan fingerprint density at radius 2 is 1.71 bits per heavy atom. The minimum atomic E-state index is 0. The maximum absolute atomic E-state index is 12.4. The van der Waals surface area contributed by atoms with E-state index in [0.717, 1.165) is 44.7 Å². The fourth-order valence-corrected chi connectivity index (χ4v) is 3.34. The van der Waals surface area contributed by atoms with Gasteiger partial charge in [0.25, 0.3) is 0 Å². The van der Waals surface area contributed by atoms with Crippen LogP contribution in [-0.4, -0.2) is 36.5 Å². The van der Waals surface area contributed by atoms with Crippen molar-refractivity contribution in [3.8, 4) is 0 Å². The second kappa shape index (κ2) is 9.43. The fourth-order valence-electron chi connectivity index (χ4n) is 3.34. The maximum atomic E-state index is 12.4. The van der Waals surface area contributed by atoms with Crippen LogP contribution in [0.5, 0.6) is 0 Å². The van der Waals surface area contributed by atoms with Gasteiger partial charge in [-0.1, -0.05) is 31.2 Å². The predicted octanol–water partition coefficient (Wildman–Crippen LogP) is 3.59. The maximum Gasteiger partial charge on any atom is 0.222 e. The Labute approximate surface area is 152 Å². The topological polar surface area (TPSA) is 32.3 Å². The monoisotopic (exact) mass is 350 g/mol. The molecule has 2 fully saturated rings. The van der Waals surface area contributed by atoms with Crippen molar-refractivity contribution in [2.24, 2.45) is 5.92 Å². The molecule has 0 unspecified atom stereocenters. The molecule has 1 saturated heterocycles. The Bertz CT molecular complexity index is 505. The van der Waals surface area contributed by atoms with E-state index in [2.05, 4.69) is 41.4 Å². The molecule has 0 spiro atoms. The van der Waals surface area contributed by atoms with Crippen LogP contribution < -0.4 is 5.32 Å². The molecule has 1 saturated carbocycles. The van der Waals surface area contributed by atoms with Gasteiger partial charge in [-0.05, 0) is 62.1 Å². The minimum Gasteiger partial charge on any atom is -0.343 e. The van der Waals surface area contributed by atoms with E-state index in [9.17, 15) is 4.79 Å². The molecule has 0 aromatic heterocycles. The zero-order chi connectivity index (χ0) is 16.1. The van der Waals surface area contributed by atoms with Crippen molar-refractivity contribution in [1.82, 2.24) is 10.2 Å². The summed E-state index contributed by atoms with van der Waals surface area (Å²) in [5, 5.41) is 3.67. The van der Waals surface area contributed by atoms with Gasteiger partial charge in [-0.25, -0.2) is 0 Å². The van der Waals surface area contributed by atoms with Crippen LogP contribution in [0.1, 0.15) is 50.2 Å². The molecule has 0 bridgehead atoms. The summed E-state index contributed by atoms with van der Waals surface area (Å²) in [5.41, 5.74) is 2.64. The summed E-state index contributed by atoms with van der Waals surface area (Å²) >= 11 is 0. The number of benzene rings is 1. The lowest BCUT2D eigenvalue weighted by Gasteiger charge is -2.32. The molecular weight excluding hydrogens is 320 g/mol. The third kappa shape index (κ3) is 5.78. The number of nitrogens with zero attached hydrogens (tertiary/aromatic N) is 1. The molecule has 1 aromatic carbocycles. The molecule has 4 heteroatoms. The summed E-state index contributed by atoms with van der Waals surface area (Å²) in [6.45, 7) is 5.21. The van der Waals surface area contributed by atoms with Crippen molar-refractivity contribution in [2.45, 2.75) is 57.9 Å². The van der Waals surface area contributed by atoms with Gasteiger partial charge in [0.15, 0.2) is 0 Å². The van der Waals surface area contributed by atoms with Crippen LogP contribution in [0.15, 0.2) is 24.3 Å². The number of halogens is 1. The standard InChI is InChI=1S/C20H30N2O.ClH/c1-2-16-3-5-17(6-4-16)9-10-20(23)22-13-11-19(12-14-22)21-15-18-7-8-18;/h3-6,18-19,21H,2,7-15H2,1H3;1H. The summed E-state index contributed by atoms with van der Waals surface area (Å²) < 4.78 is 0. The van der Waals surface area contributed by atoms with Crippen molar-refractivity contribution >= 4 is 18.3 Å². The van der Waals surface area contributed by atoms with Gasteiger partial charge in [0.05, 0.1) is 0 Å². The number of carbonyl (C=O) groups is 1. The Morgan fingerprint density at radius 3 is 2.29 bits per heavy atom. The van der Waals surface area contributed by atoms with Crippen LogP contribution in [0, 0.1) is 5.92 Å². The summed E-state index contributed by atoms with van der Waals surface area (Å²) in [4.78, 5) is 14.4. The SMILES string of the molecule is CCc1ccc(CCC(=O)N2CCC(NCC3CC3)CC2)cc1.Cl. The van der Waals surface area contributed by atoms with Crippen LogP contribution >= 0.6 is 12.4 Å². The largest absolute Gasteiger partial charge is 0.343 e. The normalized spacial score (nSPS) is 18.3. The lowest BCUT2D eigenvalue weighted by atomic mass is 10.0. The van der Waals surface area contributed by atoms with Gasteiger partial charge in [-0.3, -0.25) is 4.79 Å². The minimum absolute atomic E-state index is 0. The lowest BCUT2D eigenvalue weighted by molar-refractivity contribution is -0.132. The molecule has 3 nitrogen and oxygen atoms in total. The highest BCUT2D eigenvalue weighted by molar-refractivity contribution is 5.85. The van der Waals surface area contributed by atoms with E-state index in [0.29, 0.717) is 18.4 Å². The first-order chi connectivity index (χ1) is 11.2. The second-order valence-electron chi connectivity index (χ2n) is 7.18. The van der Waals surface area contributed by atoms with Crippen molar-refractivity contribution in [1.29, 1.82) is 0 Å². The molecule has 1 amide bonds. The number of nitrogens with one attached hydrogen (secondary N) is 1. The van der Waals surface area contributed by atoms with Gasteiger partial charge in [-0.2, -0.15) is 0 Å². The third-order valence-electron chi connectivity index (χ3n) is 5.30. The zero-order valence-corrected chi connectivity index (χ0v) is 15.6. The Kier molecular flexibility index (Phi) is 7.57. The van der Waals surface area contributed by atoms with Crippen LogP contribution in [0.2, 0.25) is 0 Å². The van der Waals surface area contributed by atoms with Gasteiger partial charge in [-0.15, -0.1) is 12.4 Å². The van der Waals surface area contributed by atoms with Gasteiger partial charge < -0.3 is 10.2 Å². The Balaban J connectivity index is 0.00000208. The van der Waals surface area contributed by atoms with Gasteiger partial charge >= 0.3 is 0 Å². The summed E-state index contributed by atoms with van der Waals surface area (Å²) in [7, 11) is 0. The van der Waals surface area contributed by atoms with Crippen molar-refractivity contribution in [3.63, 3.8) is 0 Å². The predicted molar refractivity (Wildman–Crippen MR) is 102 cm³/mol. The highest BCUT2D eigenvalue weighted by atomic mass is 35.5. The van der Waals surface area contributed by atoms with Crippen LogP contribution in [0.4, 0.5) is 0 Å². The van der Waals surface area contributed by atoms with Crippen molar-refractivity contribution in [3.05, 3.63) is 35.4 Å². The van der Waals surface area contributed by atoms with E-state index in [1.165, 1.54) is 30.5 Å². The van der Waals surface area contributed by atoms with E-state index in [-0.39, 0.29) is 12.4 Å². The molecule has 1 heterocycles. The smallest absolute Gasteiger partial charge is 0.222 e. The molecule has 0 radical (unpaired) electrons.